The van der Waals surface area contributed by atoms with Gasteiger partial charge in [0.15, 0.2) is 11.5 Å². The molecule has 3 unspecified atom stereocenters. The van der Waals surface area contributed by atoms with E-state index in [9.17, 15) is 14.7 Å². The van der Waals surface area contributed by atoms with E-state index in [0.29, 0.717) is 17.7 Å². The Morgan fingerprint density at radius 3 is 2.57 bits per heavy atom. The quantitative estimate of drug-likeness (QED) is 0.568. The molecule has 156 valence electrons. The third-order valence-electron chi connectivity index (χ3n) is 6.45. The van der Waals surface area contributed by atoms with Crippen LogP contribution < -0.4 is 10.5 Å². The van der Waals surface area contributed by atoms with E-state index < -0.39 is 0 Å². The van der Waals surface area contributed by atoms with Gasteiger partial charge in [-0.15, -0.1) is 0 Å². The number of carbonyl (C=O) groups excluding carboxylic acids is 2. The maximum absolute atomic E-state index is 11.3. The lowest BCUT2D eigenvalue weighted by Gasteiger charge is -2.58. The third-order valence-corrected chi connectivity index (χ3v) is 6.45. The number of nitrogens with two attached hydrogens (primary N) is 1. The van der Waals surface area contributed by atoms with Gasteiger partial charge in [0.05, 0.1) is 0 Å². The Labute approximate surface area is 168 Å². The topological polar surface area (TPSA) is 92.9 Å². The number of hydrogen-bond acceptors (Lipinski definition) is 5. The lowest BCUT2D eigenvalue weighted by molar-refractivity contribution is -0.132. The molecule has 1 aromatic rings. The number of aromatic hydroxyl groups is 1. The standard InChI is InChI=1S/C19H25NO3.C2H5NO.CH4/c1-12(21)23-16-7-6-13-11-15-14-5-3-4-8-19(14,9-10-20(15)2)17(13)18(16)22;1-2(3)4;/h6-7,14-15,22H,3-5,8-11H2,1-2H3;1H3,(H2,3,4);1H4. The number of likely N-dealkylation sites (tertiary alicyclic amines) is 1. The van der Waals surface area contributed by atoms with Crippen molar-refractivity contribution in [2.24, 2.45) is 11.7 Å². The van der Waals surface area contributed by atoms with Crippen LogP contribution in [0.5, 0.6) is 11.5 Å². The van der Waals surface area contributed by atoms with E-state index in [2.05, 4.69) is 23.7 Å². The first kappa shape index (κ1) is 22.2. The van der Waals surface area contributed by atoms with Crippen molar-refractivity contribution in [2.75, 3.05) is 13.6 Å². The molecule has 0 spiro atoms. The van der Waals surface area contributed by atoms with E-state index >= 15 is 0 Å². The molecule has 2 bridgehead atoms. The molecule has 1 saturated heterocycles. The Morgan fingerprint density at radius 1 is 1.25 bits per heavy atom. The number of phenolic OH excluding ortho intramolecular Hbond substituents is 1. The summed E-state index contributed by atoms with van der Waals surface area (Å²) in [5.74, 6) is 0.441. The van der Waals surface area contributed by atoms with Gasteiger partial charge in [-0.3, -0.25) is 9.59 Å². The van der Waals surface area contributed by atoms with Crippen LogP contribution in [-0.2, 0) is 21.4 Å². The number of amides is 1. The molecule has 4 rings (SSSR count). The van der Waals surface area contributed by atoms with Crippen LogP contribution in [0.3, 0.4) is 0 Å². The molecule has 1 amide bonds. The first-order valence-electron chi connectivity index (χ1n) is 9.76. The normalized spacial score (nSPS) is 27.8. The zero-order chi connectivity index (χ0) is 19.8. The molecule has 0 radical (unpaired) electrons. The number of fused-ring (bicyclic) bond motifs is 1. The lowest BCUT2D eigenvalue weighted by Crippen LogP contribution is -2.59. The number of nitrogens with zero attached hydrogens (tertiary/aromatic N) is 1. The molecular weight excluding hydrogens is 356 g/mol. The van der Waals surface area contributed by atoms with E-state index in [1.54, 1.807) is 6.07 Å². The fraction of sp³-hybridized carbons (Fsp3) is 0.636. The summed E-state index contributed by atoms with van der Waals surface area (Å²) in [4.78, 5) is 23.1. The lowest BCUT2D eigenvalue weighted by atomic mass is 9.52. The largest absolute Gasteiger partial charge is 0.504 e. The van der Waals surface area contributed by atoms with E-state index in [4.69, 9.17) is 4.74 Å². The Hall–Kier alpha value is -2.08. The summed E-state index contributed by atoms with van der Waals surface area (Å²) in [5.41, 5.74) is 6.88. The predicted octanol–water partition coefficient (Wildman–Crippen LogP) is 3.13. The van der Waals surface area contributed by atoms with Crippen LogP contribution in [0.25, 0.3) is 0 Å². The number of carbonyl (C=O) groups is 2. The minimum Gasteiger partial charge on any atom is -0.504 e. The van der Waals surface area contributed by atoms with Crippen molar-refractivity contribution < 1.29 is 19.4 Å². The third kappa shape index (κ3) is 3.88. The molecule has 1 heterocycles. The van der Waals surface area contributed by atoms with Crippen molar-refractivity contribution >= 4 is 11.9 Å². The van der Waals surface area contributed by atoms with Gasteiger partial charge in [-0.1, -0.05) is 26.3 Å². The molecule has 1 saturated carbocycles. The zero-order valence-electron chi connectivity index (χ0n) is 16.5. The van der Waals surface area contributed by atoms with E-state index in [1.807, 2.05) is 0 Å². The average molecular weight is 391 g/mol. The van der Waals surface area contributed by atoms with Crippen molar-refractivity contribution in [1.29, 1.82) is 0 Å². The number of likely N-dealkylation sites (N-methyl/N-ethyl adjacent to an activating group) is 1. The van der Waals surface area contributed by atoms with Gasteiger partial charge in [-0.2, -0.15) is 0 Å². The van der Waals surface area contributed by atoms with Gasteiger partial charge in [0, 0.05) is 30.9 Å². The summed E-state index contributed by atoms with van der Waals surface area (Å²) < 4.78 is 5.25. The molecule has 3 aliphatic rings. The first-order chi connectivity index (χ1) is 12.8. The number of hydrogen-bond donors (Lipinski definition) is 2. The molecule has 3 atom stereocenters. The summed E-state index contributed by atoms with van der Waals surface area (Å²) in [6.45, 7) is 3.77. The molecule has 6 heteroatoms. The second-order valence-corrected chi connectivity index (χ2v) is 8.16. The van der Waals surface area contributed by atoms with Gasteiger partial charge in [0.25, 0.3) is 0 Å². The number of primary amides is 1. The molecule has 28 heavy (non-hydrogen) atoms. The van der Waals surface area contributed by atoms with Crippen LogP contribution in [0.2, 0.25) is 0 Å². The Kier molecular flexibility index (Phi) is 6.75. The summed E-state index contributed by atoms with van der Waals surface area (Å²) in [7, 11) is 2.24. The van der Waals surface area contributed by atoms with E-state index in [0.717, 1.165) is 31.4 Å². The van der Waals surface area contributed by atoms with Crippen molar-refractivity contribution in [1.82, 2.24) is 4.90 Å². The van der Waals surface area contributed by atoms with Crippen molar-refractivity contribution in [2.45, 2.75) is 71.3 Å². The Morgan fingerprint density at radius 2 is 1.93 bits per heavy atom. The summed E-state index contributed by atoms with van der Waals surface area (Å²) in [6.07, 6.45) is 6.98. The Bertz CT molecular complexity index is 744. The van der Waals surface area contributed by atoms with Crippen LogP contribution in [0.15, 0.2) is 12.1 Å². The first-order valence-corrected chi connectivity index (χ1v) is 9.76. The van der Waals surface area contributed by atoms with Gasteiger partial charge in [-0.25, -0.2) is 0 Å². The number of esters is 1. The summed E-state index contributed by atoms with van der Waals surface area (Å²) in [5, 5.41) is 10.9. The summed E-state index contributed by atoms with van der Waals surface area (Å²) in [6, 6.07) is 4.40. The fourth-order valence-corrected chi connectivity index (χ4v) is 5.52. The number of rotatable bonds is 1. The molecule has 0 aromatic heterocycles. The highest BCUT2D eigenvalue weighted by molar-refractivity contribution is 5.71. The van der Waals surface area contributed by atoms with Crippen LogP contribution in [0.1, 0.15) is 64.5 Å². The number of ether oxygens (including phenoxy) is 1. The molecule has 2 aliphatic carbocycles. The van der Waals surface area contributed by atoms with Crippen molar-refractivity contribution in [3.05, 3.63) is 23.3 Å². The van der Waals surface area contributed by atoms with Gasteiger partial charge in [0.1, 0.15) is 0 Å². The SMILES string of the molecule is C.CC(=O)Oc1ccc2c(c1O)C13CCCCC1C(C2)N(C)CC3.CC(N)=O. The Balaban J connectivity index is 0.000000515. The highest BCUT2D eigenvalue weighted by Crippen LogP contribution is 2.58. The predicted molar refractivity (Wildman–Crippen MR) is 109 cm³/mol. The molecule has 1 aliphatic heterocycles. The smallest absolute Gasteiger partial charge is 0.308 e. The van der Waals surface area contributed by atoms with Crippen molar-refractivity contribution in [3.8, 4) is 11.5 Å². The van der Waals surface area contributed by atoms with E-state index in [-0.39, 0.29) is 30.5 Å². The molecule has 2 fully saturated rings. The average Bonchev–Trinajstić information content (AvgIpc) is 2.59. The van der Waals surface area contributed by atoms with E-state index in [1.165, 1.54) is 38.7 Å². The number of piperidine rings is 1. The van der Waals surface area contributed by atoms with Gasteiger partial charge in [-0.05, 0) is 56.8 Å². The number of benzene rings is 1. The molecule has 1 aromatic carbocycles. The minimum absolute atomic E-state index is 0. The van der Waals surface area contributed by atoms with Gasteiger partial charge < -0.3 is 20.5 Å². The van der Waals surface area contributed by atoms with Crippen LogP contribution >= 0.6 is 0 Å². The van der Waals surface area contributed by atoms with Crippen LogP contribution in [0.4, 0.5) is 0 Å². The second kappa shape index (κ2) is 8.52. The highest BCUT2D eigenvalue weighted by atomic mass is 16.5. The second-order valence-electron chi connectivity index (χ2n) is 8.16. The molecular formula is C22H34N2O4. The molecule has 6 nitrogen and oxygen atoms in total. The maximum atomic E-state index is 11.3. The summed E-state index contributed by atoms with van der Waals surface area (Å²) >= 11 is 0. The van der Waals surface area contributed by atoms with Crippen molar-refractivity contribution in [3.63, 3.8) is 0 Å². The number of phenols is 1. The van der Waals surface area contributed by atoms with Gasteiger partial charge >= 0.3 is 5.97 Å². The molecule has 3 N–H and O–H groups in total. The zero-order valence-corrected chi connectivity index (χ0v) is 16.5. The van der Waals surface area contributed by atoms with Crippen LogP contribution in [0, 0.1) is 5.92 Å². The van der Waals surface area contributed by atoms with Crippen LogP contribution in [-0.4, -0.2) is 41.5 Å². The monoisotopic (exact) mass is 390 g/mol. The van der Waals surface area contributed by atoms with Gasteiger partial charge in [0.2, 0.25) is 5.91 Å². The highest BCUT2D eigenvalue weighted by Gasteiger charge is 2.54. The maximum Gasteiger partial charge on any atom is 0.308 e. The minimum atomic E-state index is -0.380. The fourth-order valence-electron chi connectivity index (χ4n) is 5.52.